The van der Waals surface area contributed by atoms with Crippen molar-refractivity contribution in [1.82, 2.24) is 9.78 Å². The summed E-state index contributed by atoms with van der Waals surface area (Å²) < 4.78 is 1.21. The molecule has 0 saturated carbocycles. The summed E-state index contributed by atoms with van der Waals surface area (Å²) >= 11 is 1.81. The van der Waals surface area contributed by atoms with Crippen LogP contribution in [0.1, 0.15) is 20.9 Å². The molecule has 0 saturated heterocycles. The third-order valence-corrected chi connectivity index (χ3v) is 6.50. The van der Waals surface area contributed by atoms with Gasteiger partial charge in [0, 0.05) is 30.4 Å². The quantitative estimate of drug-likeness (QED) is 0.552. The van der Waals surface area contributed by atoms with E-state index in [2.05, 4.69) is 26.8 Å². The second-order valence-electron chi connectivity index (χ2n) is 7.33. The highest BCUT2D eigenvalue weighted by molar-refractivity contribution is 7.10. The van der Waals surface area contributed by atoms with E-state index < -0.39 is 0 Å². The molecule has 0 aliphatic carbocycles. The van der Waals surface area contributed by atoms with Gasteiger partial charge in [-0.3, -0.25) is 9.59 Å². The van der Waals surface area contributed by atoms with Crippen LogP contribution in [0.4, 0.5) is 11.4 Å². The van der Waals surface area contributed by atoms with E-state index in [1.54, 1.807) is 42.6 Å². The molecule has 30 heavy (non-hydrogen) atoms. The van der Waals surface area contributed by atoms with Crippen LogP contribution in [-0.4, -0.2) is 22.2 Å². The molecule has 0 bridgehead atoms. The molecule has 2 aromatic carbocycles. The van der Waals surface area contributed by atoms with E-state index in [1.165, 1.54) is 15.1 Å². The van der Waals surface area contributed by atoms with Crippen molar-refractivity contribution in [3.05, 3.63) is 86.5 Å². The maximum absolute atomic E-state index is 13.2. The number of amides is 1. The minimum Gasteiger partial charge on any atom is -0.365 e. The number of para-hydroxylation sites is 2. The summed E-state index contributed by atoms with van der Waals surface area (Å²) in [5.41, 5.74) is 3.08. The molecule has 7 heteroatoms. The number of benzene rings is 2. The smallest absolute Gasteiger partial charge is 0.276 e. The van der Waals surface area contributed by atoms with E-state index >= 15 is 0 Å². The Morgan fingerprint density at radius 2 is 1.83 bits per heavy atom. The molecule has 0 fully saturated rings. The van der Waals surface area contributed by atoms with Crippen LogP contribution < -0.4 is 15.8 Å². The number of hydrogen-bond acceptors (Lipinski definition) is 5. The van der Waals surface area contributed by atoms with E-state index in [9.17, 15) is 9.59 Å². The molecule has 1 aliphatic heterocycles. The van der Waals surface area contributed by atoms with Crippen LogP contribution in [0.3, 0.4) is 0 Å². The van der Waals surface area contributed by atoms with Crippen LogP contribution in [0.5, 0.6) is 0 Å². The van der Waals surface area contributed by atoms with Gasteiger partial charge in [-0.25, -0.2) is 4.68 Å². The highest BCUT2D eigenvalue weighted by Gasteiger charge is 2.21. The molecule has 150 valence electrons. The number of aromatic nitrogens is 2. The van der Waals surface area contributed by atoms with Gasteiger partial charge in [0.1, 0.15) is 0 Å². The van der Waals surface area contributed by atoms with Gasteiger partial charge >= 0.3 is 0 Å². The van der Waals surface area contributed by atoms with Gasteiger partial charge in [0.15, 0.2) is 5.69 Å². The summed E-state index contributed by atoms with van der Waals surface area (Å²) in [6, 6.07) is 17.1. The minimum atomic E-state index is -0.331. The summed E-state index contributed by atoms with van der Waals surface area (Å²) in [5.74, 6) is -0.331. The number of rotatable bonds is 3. The molecule has 5 rings (SSSR count). The molecule has 6 nitrogen and oxygen atoms in total. The number of aryl methyl sites for hydroxylation is 1. The fourth-order valence-electron chi connectivity index (χ4n) is 3.96. The Balaban J connectivity index is 1.49. The lowest BCUT2D eigenvalue weighted by molar-refractivity contribution is 0.102. The van der Waals surface area contributed by atoms with Gasteiger partial charge in [0.2, 0.25) is 0 Å². The Kier molecular flexibility index (Phi) is 4.59. The van der Waals surface area contributed by atoms with Crippen LogP contribution in [-0.2, 0) is 20.0 Å². The zero-order valence-corrected chi connectivity index (χ0v) is 17.3. The first-order valence-corrected chi connectivity index (χ1v) is 10.7. The highest BCUT2D eigenvalue weighted by atomic mass is 32.1. The average Bonchev–Trinajstić information content (AvgIpc) is 3.24. The number of thiophene rings is 1. The molecule has 1 aliphatic rings. The molecule has 0 radical (unpaired) electrons. The van der Waals surface area contributed by atoms with Crippen molar-refractivity contribution in [2.24, 2.45) is 7.05 Å². The topological polar surface area (TPSA) is 67.2 Å². The third-order valence-electron chi connectivity index (χ3n) is 5.47. The fraction of sp³-hybridized carbons (Fsp3) is 0.174. The summed E-state index contributed by atoms with van der Waals surface area (Å²) in [7, 11) is 1.56. The van der Waals surface area contributed by atoms with Gasteiger partial charge < -0.3 is 10.2 Å². The zero-order valence-electron chi connectivity index (χ0n) is 16.5. The molecule has 4 aromatic rings. The molecule has 1 amide bonds. The first-order valence-electron chi connectivity index (χ1n) is 9.78. The molecule has 2 aromatic heterocycles. The van der Waals surface area contributed by atoms with Crippen molar-refractivity contribution >= 4 is 39.4 Å². The average molecular weight is 417 g/mol. The summed E-state index contributed by atoms with van der Waals surface area (Å²) in [6.45, 7) is 1.73. The predicted molar refractivity (Wildman–Crippen MR) is 120 cm³/mol. The van der Waals surface area contributed by atoms with Crippen molar-refractivity contribution in [2.45, 2.75) is 13.0 Å². The fourth-order valence-corrected chi connectivity index (χ4v) is 4.85. The molecule has 0 spiro atoms. The van der Waals surface area contributed by atoms with Crippen LogP contribution >= 0.6 is 11.3 Å². The number of nitrogens with zero attached hydrogens (tertiary/aromatic N) is 3. The maximum Gasteiger partial charge on any atom is 0.276 e. The Bertz CT molecular complexity index is 1320. The van der Waals surface area contributed by atoms with E-state index in [4.69, 9.17) is 0 Å². The first-order chi connectivity index (χ1) is 14.6. The lowest BCUT2D eigenvalue weighted by Gasteiger charge is -2.30. The van der Waals surface area contributed by atoms with Crippen LogP contribution in [0.2, 0.25) is 0 Å². The van der Waals surface area contributed by atoms with Gasteiger partial charge in [0.05, 0.1) is 16.8 Å². The van der Waals surface area contributed by atoms with Gasteiger partial charge in [-0.05, 0) is 41.6 Å². The van der Waals surface area contributed by atoms with Crippen LogP contribution in [0.25, 0.3) is 10.8 Å². The molecule has 0 unspecified atom stereocenters. The standard InChI is InChI=1S/C23H20N4O2S/c1-26-23(29)17-7-3-2-6-16(17)21(25-26)22(28)24-18-8-4-5-9-19(18)27-12-10-20-15(14-27)11-13-30-20/h2-9,11,13H,10,12,14H2,1H3,(H,24,28). The van der Waals surface area contributed by atoms with Crippen molar-refractivity contribution in [1.29, 1.82) is 0 Å². The van der Waals surface area contributed by atoms with Crippen molar-refractivity contribution in [3.8, 4) is 0 Å². The van der Waals surface area contributed by atoms with E-state index in [0.29, 0.717) is 10.8 Å². The lowest BCUT2D eigenvalue weighted by atomic mass is 10.1. The molecular formula is C23H20N4O2S. The third kappa shape index (κ3) is 3.17. The molecule has 3 heterocycles. The minimum absolute atomic E-state index is 0.220. The molecule has 1 N–H and O–H groups in total. The Hall–Kier alpha value is -3.45. The monoisotopic (exact) mass is 416 g/mol. The second-order valence-corrected chi connectivity index (χ2v) is 8.34. The predicted octanol–water partition coefficient (Wildman–Crippen LogP) is 3.81. The number of nitrogens with one attached hydrogen (secondary N) is 1. The van der Waals surface area contributed by atoms with E-state index in [-0.39, 0.29) is 17.2 Å². The summed E-state index contributed by atoms with van der Waals surface area (Å²) in [5, 5.41) is 10.4. The Morgan fingerprint density at radius 3 is 2.70 bits per heavy atom. The largest absolute Gasteiger partial charge is 0.365 e. The lowest BCUT2D eigenvalue weighted by Crippen LogP contribution is -2.30. The SMILES string of the molecule is Cn1nc(C(=O)Nc2ccccc2N2CCc3sccc3C2)c2ccccc2c1=O. The maximum atomic E-state index is 13.2. The number of anilines is 2. The summed E-state index contributed by atoms with van der Waals surface area (Å²) in [4.78, 5) is 29.3. The van der Waals surface area contributed by atoms with Crippen LogP contribution in [0, 0.1) is 0 Å². The van der Waals surface area contributed by atoms with Gasteiger partial charge in [-0.1, -0.05) is 30.3 Å². The highest BCUT2D eigenvalue weighted by Crippen LogP contribution is 2.32. The van der Waals surface area contributed by atoms with E-state index in [1.807, 2.05) is 24.3 Å². The van der Waals surface area contributed by atoms with Crippen LogP contribution in [0.15, 0.2) is 64.8 Å². The number of carbonyl (C=O) groups is 1. The second kappa shape index (κ2) is 7.42. The molecular weight excluding hydrogens is 396 g/mol. The van der Waals surface area contributed by atoms with Gasteiger partial charge in [0.25, 0.3) is 11.5 Å². The van der Waals surface area contributed by atoms with Gasteiger partial charge in [-0.15, -0.1) is 11.3 Å². The number of fused-ring (bicyclic) bond motifs is 2. The number of hydrogen-bond donors (Lipinski definition) is 1. The normalized spacial score (nSPS) is 13.3. The Labute approximate surface area is 177 Å². The van der Waals surface area contributed by atoms with E-state index in [0.717, 1.165) is 30.9 Å². The van der Waals surface area contributed by atoms with Crippen molar-refractivity contribution in [3.63, 3.8) is 0 Å². The first kappa shape index (κ1) is 18.6. The summed E-state index contributed by atoms with van der Waals surface area (Å²) in [6.07, 6.45) is 1.00. The van der Waals surface area contributed by atoms with Gasteiger partial charge in [-0.2, -0.15) is 5.10 Å². The van der Waals surface area contributed by atoms with Crippen molar-refractivity contribution in [2.75, 3.05) is 16.8 Å². The van der Waals surface area contributed by atoms with Crippen molar-refractivity contribution < 1.29 is 4.79 Å². The Morgan fingerprint density at radius 1 is 1.07 bits per heavy atom. The number of carbonyl (C=O) groups excluding carboxylic acids is 1. The molecule has 0 atom stereocenters. The zero-order chi connectivity index (χ0) is 20.7.